The fourth-order valence-electron chi connectivity index (χ4n) is 3.84. The third kappa shape index (κ3) is 2.96. The summed E-state index contributed by atoms with van der Waals surface area (Å²) in [7, 11) is 0. The number of allylic oxidation sites excluding steroid dienone is 1. The lowest BCUT2D eigenvalue weighted by atomic mass is 9.71. The molecule has 1 saturated carbocycles. The van der Waals surface area contributed by atoms with Crippen molar-refractivity contribution in [2.24, 2.45) is 0 Å². The summed E-state index contributed by atoms with van der Waals surface area (Å²) in [6.45, 7) is 7.85. The Morgan fingerprint density at radius 1 is 1.04 bits per heavy atom. The van der Waals surface area contributed by atoms with Crippen molar-refractivity contribution in [3.05, 3.63) is 96.8 Å². The van der Waals surface area contributed by atoms with Gasteiger partial charge in [0.05, 0.1) is 11.2 Å². The predicted octanol–water partition coefficient (Wildman–Crippen LogP) is 5.63. The van der Waals surface area contributed by atoms with Gasteiger partial charge in [0.1, 0.15) is 6.10 Å². The molecular weight excluding hydrogens is 280 g/mol. The summed E-state index contributed by atoms with van der Waals surface area (Å²) in [4.78, 5) is 0. The Balaban J connectivity index is 2.05. The van der Waals surface area contributed by atoms with Gasteiger partial charge >= 0.3 is 0 Å². The molecule has 0 aromatic heterocycles. The van der Waals surface area contributed by atoms with Crippen molar-refractivity contribution < 1.29 is 4.74 Å². The molecule has 0 N–H and O–H groups in total. The number of rotatable bonds is 6. The SMILES string of the molecule is C=CCC(=C)OC1CCCC1(c1ccccc1)c1ccccc1. The predicted molar refractivity (Wildman–Crippen MR) is 96.3 cm³/mol. The molecule has 1 nitrogen and oxygen atoms in total. The Morgan fingerprint density at radius 2 is 1.61 bits per heavy atom. The van der Waals surface area contributed by atoms with Gasteiger partial charge in [0, 0.05) is 6.42 Å². The molecule has 1 aliphatic rings. The molecule has 3 rings (SSSR count). The second-order valence-electron chi connectivity index (χ2n) is 6.23. The van der Waals surface area contributed by atoms with Gasteiger partial charge in [-0.05, 0) is 30.4 Å². The molecular formula is C22H24O. The van der Waals surface area contributed by atoms with E-state index in [1.54, 1.807) is 0 Å². The van der Waals surface area contributed by atoms with E-state index in [-0.39, 0.29) is 11.5 Å². The summed E-state index contributed by atoms with van der Waals surface area (Å²) in [5, 5.41) is 0. The zero-order valence-electron chi connectivity index (χ0n) is 13.6. The summed E-state index contributed by atoms with van der Waals surface area (Å²) < 4.78 is 6.31. The standard InChI is InChI=1S/C22H24O/c1-3-11-18(2)23-21-16-10-17-22(21,19-12-6-4-7-13-19)20-14-8-5-9-15-20/h3-9,12-15,21H,1-2,10-11,16-17H2. The summed E-state index contributed by atoms with van der Waals surface area (Å²) in [5.41, 5.74) is 2.58. The van der Waals surface area contributed by atoms with Gasteiger partial charge in [-0.15, -0.1) is 6.58 Å². The molecule has 0 heterocycles. The van der Waals surface area contributed by atoms with Crippen LogP contribution in [0.2, 0.25) is 0 Å². The van der Waals surface area contributed by atoms with Crippen molar-refractivity contribution in [1.29, 1.82) is 0 Å². The van der Waals surface area contributed by atoms with E-state index in [2.05, 4.69) is 73.8 Å². The molecule has 1 atom stereocenters. The van der Waals surface area contributed by atoms with Crippen molar-refractivity contribution in [2.75, 3.05) is 0 Å². The molecule has 0 radical (unpaired) electrons. The molecule has 1 aliphatic carbocycles. The van der Waals surface area contributed by atoms with E-state index in [0.717, 1.165) is 25.0 Å². The van der Waals surface area contributed by atoms with E-state index < -0.39 is 0 Å². The fourth-order valence-corrected chi connectivity index (χ4v) is 3.84. The van der Waals surface area contributed by atoms with E-state index in [0.29, 0.717) is 6.42 Å². The largest absolute Gasteiger partial charge is 0.494 e. The van der Waals surface area contributed by atoms with Crippen molar-refractivity contribution in [3.8, 4) is 0 Å². The quantitative estimate of drug-likeness (QED) is 0.496. The average Bonchev–Trinajstić information content (AvgIpc) is 3.01. The smallest absolute Gasteiger partial charge is 0.112 e. The van der Waals surface area contributed by atoms with Crippen LogP contribution in [0, 0.1) is 0 Å². The Kier molecular flexibility index (Phi) is 4.66. The van der Waals surface area contributed by atoms with E-state index in [4.69, 9.17) is 4.74 Å². The lowest BCUT2D eigenvalue weighted by Gasteiger charge is -2.37. The van der Waals surface area contributed by atoms with Crippen LogP contribution in [0.1, 0.15) is 36.8 Å². The molecule has 1 fully saturated rings. The number of hydrogen-bond donors (Lipinski definition) is 0. The molecule has 1 heteroatoms. The first-order chi connectivity index (χ1) is 11.3. The number of hydrogen-bond acceptors (Lipinski definition) is 1. The Bertz CT molecular complexity index is 617. The van der Waals surface area contributed by atoms with Crippen LogP contribution in [-0.4, -0.2) is 6.10 Å². The maximum atomic E-state index is 6.31. The summed E-state index contributed by atoms with van der Waals surface area (Å²) in [6, 6.07) is 21.5. The first kappa shape index (κ1) is 15.6. The summed E-state index contributed by atoms with van der Waals surface area (Å²) in [6.07, 6.45) is 6.00. The topological polar surface area (TPSA) is 9.23 Å². The molecule has 0 spiro atoms. The molecule has 2 aromatic rings. The lowest BCUT2D eigenvalue weighted by molar-refractivity contribution is 0.0772. The zero-order chi connectivity index (χ0) is 16.1. The second-order valence-corrected chi connectivity index (χ2v) is 6.23. The van der Waals surface area contributed by atoms with Crippen molar-refractivity contribution in [1.82, 2.24) is 0 Å². The van der Waals surface area contributed by atoms with Crippen LogP contribution in [0.3, 0.4) is 0 Å². The van der Waals surface area contributed by atoms with E-state index in [1.807, 2.05) is 6.08 Å². The molecule has 118 valence electrons. The monoisotopic (exact) mass is 304 g/mol. The third-order valence-corrected chi connectivity index (χ3v) is 4.85. The van der Waals surface area contributed by atoms with Crippen LogP contribution in [0.4, 0.5) is 0 Å². The summed E-state index contributed by atoms with van der Waals surface area (Å²) >= 11 is 0. The van der Waals surface area contributed by atoms with Gasteiger partial charge in [0.25, 0.3) is 0 Å². The first-order valence-electron chi connectivity index (χ1n) is 8.34. The molecule has 0 aliphatic heterocycles. The second kappa shape index (κ2) is 6.87. The van der Waals surface area contributed by atoms with Crippen LogP contribution in [0.5, 0.6) is 0 Å². The highest BCUT2D eigenvalue weighted by molar-refractivity contribution is 5.42. The minimum Gasteiger partial charge on any atom is -0.494 e. The minimum atomic E-state index is -0.0906. The van der Waals surface area contributed by atoms with Gasteiger partial charge in [-0.25, -0.2) is 0 Å². The Morgan fingerprint density at radius 3 is 2.13 bits per heavy atom. The van der Waals surface area contributed by atoms with Crippen LogP contribution >= 0.6 is 0 Å². The highest BCUT2D eigenvalue weighted by Gasteiger charge is 2.47. The van der Waals surface area contributed by atoms with Crippen molar-refractivity contribution in [3.63, 3.8) is 0 Å². The molecule has 1 unspecified atom stereocenters. The highest BCUT2D eigenvalue weighted by Crippen LogP contribution is 2.48. The van der Waals surface area contributed by atoms with Crippen LogP contribution < -0.4 is 0 Å². The van der Waals surface area contributed by atoms with Gasteiger partial charge in [0.2, 0.25) is 0 Å². The van der Waals surface area contributed by atoms with Gasteiger partial charge < -0.3 is 4.74 Å². The molecule has 2 aromatic carbocycles. The van der Waals surface area contributed by atoms with Gasteiger partial charge in [-0.1, -0.05) is 73.3 Å². The van der Waals surface area contributed by atoms with Crippen LogP contribution in [-0.2, 0) is 10.2 Å². The van der Waals surface area contributed by atoms with Crippen molar-refractivity contribution >= 4 is 0 Å². The highest BCUT2D eigenvalue weighted by atomic mass is 16.5. The van der Waals surface area contributed by atoms with Gasteiger partial charge in [-0.3, -0.25) is 0 Å². The Hall–Kier alpha value is -2.28. The maximum absolute atomic E-state index is 6.31. The molecule has 0 saturated heterocycles. The van der Waals surface area contributed by atoms with Crippen molar-refractivity contribution in [2.45, 2.75) is 37.2 Å². The van der Waals surface area contributed by atoms with E-state index in [1.165, 1.54) is 11.1 Å². The number of benzene rings is 2. The molecule has 23 heavy (non-hydrogen) atoms. The zero-order valence-corrected chi connectivity index (χ0v) is 13.6. The maximum Gasteiger partial charge on any atom is 0.112 e. The van der Waals surface area contributed by atoms with Gasteiger partial charge in [-0.2, -0.15) is 0 Å². The number of ether oxygens (including phenoxy) is 1. The van der Waals surface area contributed by atoms with Crippen LogP contribution in [0.25, 0.3) is 0 Å². The Labute approximate surface area is 139 Å². The third-order valence-electron chi connectivity index (χ3n) is 4.85. The van der Waals surface area contributed by atoms with E-state index >= 15 is 0 Å². The molecule has 0 bridgehead atoms. The van der Waals surface area contributed by atoms with Gasteiger partial charge in [0.15, 0.2) is 0 Å². The fraction of sp³-hybridized carbons (Fsp3) is 0.273. The lowest BCUT2D eigenvalue weighted by Crippen LogP contribution is -2.37. The van der Waals surface area contributed by atoms with Crippen LogP contribution in [0.15, 0.2) is 85.7 Å². The summed E-state index contributed by atoms with van der Waals surface area (Å²) in [5.74, 6) is 0.808. The minimum absolute atomic E-state index is 0.0906. The normalized spacial score (nSPS) is 19.2. The van der Waals surface area contributed by atoms with E-state index in [9.17, 15) is 0 Å². The first-order valence-corrected chi connectivity index (χ1v) is 8.34. The average molecular weight is 304 g/mol. The molecule has 0 amide bonds.